The summed E-state index contributed by atoms with van der Waals surface area (Å²) in [5.74, 6) is 6.45. The fraction of sp³-hybridized carbons (Fsp3) is 0.471. The summed E-state index contributed by atoms with van der Waals surface area (Å²) in [5.41, 5.74) is 5.00. The van der Waals surface area contributed by atoms with Crippen LogP contribution in [-0.2, 0) is 11.2 Å². The molecule has 3 heteroatoms. The molecule has 0 heterocycles. The van der Waals surface area contributed by atoms with Crippen molar-refractivity contribution in [1.29, 1.82) is 0 Å². The van der Waals surface area contributed by atoms with E-state index in [1.54, 1.807) is 6.92 Å². The predicted molar refractivity (Wildman–Crippen MR) is 162 cm³/mol. The second kappa shape index (κ2) is 27.6. The van der Waals surface area contributed by atoms with Gasteiger partial charge in [-0.15, -0.1) is 0 Å². The van der Waals surface area contributed by atoms with Gasteiger partial charge < -0.3 is 9.90 Å². The van der Waals surface area contributed by atoms with E-state index in [1.165, 1.54) is 37.7 Å². The molecule has 0 spiro atoms. The molecule has 3 nitrogen and oxygen atoms in total. The molecular weight excluding hydrogens is 456 g/mol. The first-order chi connectivity index (χ1) is 17.9. The highest BCUT2D eigenvalue weighted by Gasteiger charge is 1.98. The van der Waals surface area contributed by atoms with Gasteiger partial charge in [-0.05, 0) is 56.5 Å². The number of aliphatic hydroxyl groups excluding tert-OH is 1. The molecule has 0 aliphatic carbocycles. The molecule has 0 aliphatic heterocycles. The second-order valence-corrected chi connectivity index (χ2v) is 8.02. The molecule has 0 radical (unpaired) electrons. The van der Waals surface area contributed by atoms with Crippen molar-refractivity contribution in [2.75, 3.05) is 7.11 Å². The third-order valence-corrected chi connectivity index (χ3v) is 5.15. The lowest BCUT2D eigenvalue weighted by molar-refractivity contribution is -0.109. The van der Waals surface area contributed by atoms with Gasteiger partial charge in [0.25, 0.3) is 0 Å². The minimum Gasteiger partial charge on any atom is -0.400 e. The standard InChI is InChI=1S/C23H26O.C6H10O.2C2H6.CH4O/c1-3-4-5-6-7-8-20-9-11-21(12-10-20)13-14-22-15-17-23(18-16-22)19(2)24;1-5(2)6(3)4-7;3*1-2/h9-12,15-18H,3-8H2,1-2H3;4,6H,1H2,2-3H3;2*1-2H3;2H,1H3. The van der Waals surface area contributed by atoms with Crippen LogP contribution in [0.3, 0.4) is 0 Å². The Balaban J connectivity index is -0.000000751. The Bertz CT molecular complexity index is 881. The molecule has 0 bridgehead atoms. The maximum atomic E-state index is 11.3. The zero-order valence-electron chi connectivity index (χ0n) is 25.0. The van der Waals surface area contributed by atoms with Crippen LogP contribution in [0.1, 0.15) is 115 Å². The van der Waals surface area contributed by atoms with E-state index in [9.17, 15) is 9.59 Å². The molecule has 2 aromatic rings. The predicted octanol–water partition coefficient (Wildman–Crippen LogP) is 8.86. The van der Waals surface area contributed by atoms with Crippen LogP contribution >= 0.6 is 0 Å². The molecule has 2 aromatic carbocycles. The first-order valence-corrected chi connectivity index (χ1v) is 13.6. The van der Waals surface area contributed by atoms with Crippen LogP contribution in [0.5, 0.6) is 0 Å². The van der Waals surface area contributed by atoms with E-state index in [-0.39, 0.29) is 11.7 Å². The Morgan fingerprint density at radius 1 is 0.838 bits per heavy atom. The lowest BCUT2D eigenvalue weighted by atomic mass is 10.0. The molecule has 1 atom stereocenters. The summed E-state index contributed by atoms with van der Waals surface area (Å²) in [4.78, 5) is 21.1. The molecule has 2 rings (SSSR count). The number of allylic oxidation sites excluding steroid dienone is 1. The SMILES string of the molecule is C=C(C)C(C)C=O.CC.CC.CCCCCCCc1ccc(C#Cc2ccc(C(C)=O)cc2)cc1.CO. The van der Waals surface area contributed by atoms with Crippen molar-refractivity contribution in [3.8, 4) is 11.8 Å². The van der Waals surface area contributed by atoms with Crippen LogP contribution in [-0.4, -0.2) is 24.3 Å². The molecule has 0 fully saturated rings. The second-order valence-electron chi connectivity index (χ2n) is 8.02. The number of carbonyl (C=O) groups excluding carboxylic acids is 2. The van der Waals surface area contributed by atoms with Gasteiger partial charge in [0.2, 0.25) is 0 Å². The summed E-state index contributed by atoms with van der Waals surface area (Å²) in [7, 11) is 1.00. The number of aldehydes is 1. The number of ketones is 1. The number of benzene rings is 2. The zero-order chi connectivity index (χ0) is 29.1. The highest BCUT2D eigenvalue weighted by Crippen LogP contribution is 2.10. The summed E-state index contributed by atoms with van der Waals surface area (Å²) in [6, 6.07) is 16.0. The van der Waals surface area contributed by atoms with E-state index in [0.717, 1.165) is 42.1 Å². The van der Waals surface area contributed by atoms with Crippen LogP contribution in [0.25, 0.3) is 0 Å². The van der Waals surface area contributed by atoms with E-state index in [0.29, 0.717) is 0 Å². The van der Waals surface area contributed by atoms with Crippen molar-refractivity contribution in [3.63, 3.8) is 0 Å². The van der Waals surface area contributed by atoms with Crippen molar-refractivity contribution in [3.05, 3.63) is 82.9 Å². The zero-order valence-corrected chi connectivity index (χ0v) is 25.0. The Morgan fingerprint density at radius 2 is 1.27 bits per heavy atom. The van der Waals surface area contributed by atoms with Crippen molar-refractivity contribution < 1.29 is 14.7 Å². The molecule has 0 saturated carbocycles. The molecular formula is C34H52O3. The number of carbonyl (C=O) groups is 2. The fourth-order valence-electron chi connectivity index (χ4n) is 2.74. The van der Waals surface area contributed by atoms with Gasteiger partial charge in [-0.1, -0.05) is 115 Å². The number of rotatable bonds is 9. The van der Waals surface area contributed by atoms with Gasteiger partial charge in [0.15, 0.2) is 5.78 Å². The van der Waals surface area contributed by atoms with Crippen LogP contribution in [0.4, 0.5) is 0 Å². The highest BCUT2D eigenvalue weighted by atomic mass is 16.2. The summed E-state index contributed by atoms with van der Waals surface area (Å²) in [5, 5.41) is 7.00. The van der Waals surface area contributed by atoms with E-state index >= 15 is 0 Å². The van der Waals surface area contributed by atoms with E-state index in [2.05, 4.69) is 49.6 Å². The summed E-state index contributed by atoms with van der Waals surface area (Å²) in [6.07, 6.45) is 8.64. The molecule has 0 aromatic heterocycles. The smallest absolute Gasteiger partial charge is 0.159 e. The van der Waals surface area contributed by atoms with Crippen LogP contribution < -0.4 is 0 Å². The molecule has 206 valence electrons. The van der Waals surface area contributed by atoms with E-state index in [4.69, 9.17) is 5.11 Å². The topological polar surface area (TPSA) is 54.4 Å². The number of hydrogen-bond acceptors (Lipinski definition) is 3. The maximum absolute atomic E-state index is 11.3. The Hall–Kier alpha value is -2.96. The normalized spacial score (nSPS) is 9.46. The van der Waals surface area contributed by atoms with Gasteiger partial charge in [0.05, 0.1) is 0 Å². The Morgan fingerprint density at radius 3 is 1.62 bits per heavy atom. The highest BCUT2D eigenvalue weighted by molar-refractivity contribution is 5.94. The number of Topliss-reactive ketones (excluding diaryl/α,β-unsaturated/α-hetero) is 1. The van der Waals surface area contributed by atoms with Crippen molar-refractivity contribution >= 4 is 12.1 Å². The molecule has 0 aliphatic rings. The van der Waals surface area contributed by atoms with E-state index in [1.807, 2.05) is 65.8 Å². The first kappa shape index (κ1) is 38.6. The molecule has 0 saturated heterocycles. The van der Waals surface area contributed by atoms with Gasteiger partial charge in [-0.3, -0.25) is 4.79 Å². The first-order valence-electron chi connectivity index (χ1n) is 13.6. The Kier molecular flexibility index (Phi) is 28.8. The Labute approximate surface area is 228 Å². The van der Waals surface area contributed by atoms with Crippen molar-refractivity contribution in [2.45, 2.75) is 93.9 Å². The van der Waals surface area contributed by atoms with Gasteiger partial charge in [-0.25, -0.2) is 0 Å². The average Bonchev–Trinajstić information content (AvgIpc) is 2.95. The lowest BCUT2D eigenvalue weighted by Crippen LogP contribution is -1.93. The van der Waals surface area contributed by atoms with Crippen LogP contribution in [0, 0.1) is 17.8 Å². The van der Waals surface area contributed by atoms with Gasteiger partial charge >= 0.3 is 0 Å². The van der Waals surface area contributed by atoms with Crippen molar-refractivity contribution in [2.24, 2.45) is 5.92 Å². The average molecular weight is 509 g/mol. The number of aliphatic hydroxyl groups is 1. The minimum absolute atomic E-state index is 0.0278. The monoisotopic (exact) mass is 508 g/mol. The van der Waals surface area contributed by atoms with Gasteiger partial charge in [0, 0.05) is 29.7 Å². The van der Waals surface area contributed by atoms with Gasteiger partial charge in [-0.2, -0.15) is 0 Å². The number of unbranched alkanes of at least 4 members (excludes halogenated alkanes) is 4. The molecule has 1 unspecified atom stereocenters. The van der Waals surface area contributed by atoms with Crippen LogP contribution in [0.15, 0.2) is 60.7 Å². The van der Waals surface area contributed by atoms with E-state index < -0.39 is 0 Å². The summed E-state index contributed by atoms with van der Waals surface area (Å²) < 4.78 is 0. The summed E-state index contributed by atoms with van der Waals surface area (Å²) in [6.45, 7) is 19.1. The number of hydrogen-bond donors (Lipinski definition) is 1. The maximum Gasteiger partial charge on any atom is 0.159 e. The fourth-order valence-corrected chi connectivity index (χ4v) is 2.74. The quantitative estimate of drug-likeness (QED) is 0.121. The third kappa shape index (κ3) is 20.9. The number of aryl methyl sites for hydroxylation is 1. The largest absolute Gasteiger partial charge is 0.400 e. The minimum atomic E-state index is 0.0278. The summed E-state index contributed by atoms with van der Waals surface area (Å²) >= 11 is 0. The van der Waals surface area contributed by atoms with Gasteiger partial charge in [0.1, 0.15) is 6.29 Å². The molecule has 37 heavy (non-hydrogen) atoms. The molecule has 1 N–H and O–H groups in total. The van der Waals surface area contributed by atoms with Crippen LogP contribution in [0.2, 0.25) is 0 Å². The van der Waals surface area contributed by atoms with Crippen molar-refractivity contribution in [1.82, 2.24) is 0 Å². The molecule has 0 amide bonds. The third-order valence-electron chi connectivity index (χ3n) is 5.15. The lowest BCUT2D eigenvalue weighted by Gasteiger charge is -2.01.